The van der Waals surface area contributed by atoms with Crippen LogP contribution >= 0.6 is 0 Å². The molecule has 0 radical (unpaired) electrons. The van der Waals surface area contributed by atoms with Crippen molar-refractivity contribution in [1.29, 1.82) is 0 Å². The molecule has 0 aromatic heterocycles. The van der Waals surface area contributed by atoms with E-state index in [4.69, 9.17) is 9.47 Å². The highest BCUT2D eigenvalue weighted by atomic mass is 16.5. The zero-order chi connectivity index (χ0) is 12.7. The Morgan fingerprint density at radius 1 is 1.35 bits per heavy atom. The first-order valence-corrected chi connectivity index (χ1v) is 6.99. The van der Waals surface area contributed by atoms with Gasteiger partial charge in [-0.05, 0) is 46.5 Å². The molecule has 1 saturated heterocycles. The maximum absolute atomic E-state index is 5.94. The Morgan fingerprint density at radius 3 is 2.65 bits per heavy atom. The monoisotopic (exact) mass is 243 g/mol. The molecule has 0 aromatic carbocycles. The number of ether oxygens (including phenoxy) is 2. The molecule has 1 aliphatic heterocycles. The molecule has 1 N–H and O–H groups in total. The molecule has 0 bridgehead atoms. The molecule has 1 heterocycles. The summed E-state index contributed by atoms with van der Waals surface area (Å²) < 4.78 is 11.6. The Morgan fingerprint density at radius 2 is 2.12 bits per heavy atom. The van der Waals surface area contributed by atoms with E-state index in [0.29, 0.717) is 12.2 Å². The van der Waals surface area contributed by atoms with Crippen LogP contribution in [0.25, 0.3) is 0 Å². The van der Waals surface area contributed by atoms with Gasteiger partial charge in [0.05, 0.1) is 18.8 Å². The lowest BCUT2D eigenvalue weighted by molar-refractivity contribution is -0.0637. The standard InChI is InChI=1S/C14H29NO2/c1-5-12(10-15-14(2,3)4)17-11-13-8-6-7-9-16-13/h12-13,15H,5-11H2,1-4H3. The molecule has 1 aliphatic rings. The zero-order valence-electron chi connectivity index (χ0n) is 11.9. The van der Waals surface area contributed by atoms with Gasteiger partial charge >= 0.3 is 0 Å². The molecular formula is C14H29NO2. The fourth-order valence-electron chi connectivity index (χ4n) is 1.92. The number of hydrogen-bond donors (Lipinski definition) is 1. The molecule has 0 amide bonds. The predicted octanol–water partition coefficient (Wildman–Crippen LogP) is 2.74. The van der Waals surface area contributed by atoms with Crippen molar-refractivity contribution in [3.63, 3.8) is 0 Å². The van der Waals surface area contributed by atoms with E-state index in [1.807, 2.05) is 0 Å². The van der Waals surface area contributed by atoms with Crippen LogP contribution in [0.3, 0.4) is 0 Å². The predicted molar refractivity (Wildman–Crippen MR) is 71.4 cm³/mol. The Labute approximate surface area is 106 Å². The van der Waals surface area contributed by atoms with E-state index in [9.17, 15) is 0 Å². The van der Waals surface area contributed by atoms with Crippen LogP contribution < -0.4 is 5.32 Å². The smallest absolute Gasteiger partial charge is 0.0808 e. The van der Waals surface area contributed by atoms with Crippen LogP contribution in [0.2, 0.25) is 0 Å². The number of hydrogen-bond acceptors (Lipinski definition) is 3. The summed E-state index contributed by atoms with van der Waals surface area (Å²) in [6, 6.07) is 0. The van der Waals surface area contributed by atoms with Crippen LogP contribution in [0.4, 0.5) is 0 Å². The average molecular weight is 243 g/mol. The molecule has 1 fully saturated rings. The maximum Gasteiger partial charge on any atom is 0.0808 e. The second-order valence-corrected chi connectivity index (χ2v) is 5.98. The van der Waals surface area contributed by atoms with E-state index in [0.717, 1.165) is 32.6 Å². The Kier molecular flexibility index (Phi) is 6.45. The van der Waals surface area contributed by atoms with Gasteiger partial charge < -0.3 is 14.8 Å². The lowest BCUT2D eigenvalue weighted by Gasteiger charge is -2.27. The normalized spacial score (nSPS) is 23.6. The van der Waals surface area contributed by atoms with E-state index in [1.165, 1.54) is 12.8 Å². The average Bonchev–Trinajstić information content (AvgIpc) is 2.29. The summed E-state index contributed by atoms with van der Waals surface area (Å²) in [4.78, 5) is 0. The molecule has 3 nitrogen and oxygen atoms in total. The maximum atomic E-state index is 5.94. The van der Waals surface area contributed by atoms with Crippen LogP contribution in [0, 0.1) is 0 Å². The second-order valence-electron chi connectivity index (χ2n) is 5.98. The fraction of sp³-hybridized carbons (Fsp3) is 1.00. The van der Waals surface area contributed by atoms with Crippen LogP contribution in [-0.2, 0) is 9.47 Å². The Hall–Kier alpha value is -0.120. The zero-order valence-corrected chi connectivity index (χ0v) is 11.9. The highest BCUT2D eigenvalue weighted by Crippen LogP contribution is 2.14. The van der Waals surface area contributed by atoms with Crippen molar-refractivity contribution in [2.24, 2.45) is 0 Å². The number of nitrogens with one attached hydrogen (secondary N) is 1. The molecule has 3 heteroatoms. The largest absolute Gasteiger partial charge is 0.376 e. The van der Waals surface area contributed by atoms with Gasteiger partial charge in [0, 0.05) is 18.7 Å². The molecule has 102 valence electrons. The topological polar surface area (TPSA) is 30.5 Å². The Bertz CT molecular complexity index is 195. The molecule has 0 spiro atoms. The summed E-state index contributed by atoms with van der Waals surface area (Å²) >= 11 is 0. The molecule has 0 aromatic rings. The Balaban J connectivity index is 2.17. The molecule has 1 rings (SSSR count). The highest BCUT2D eigenvalue weighted by Gasteiger charge is 2.17. The van der Waals surface area contributed by atoms with Crippen molar-refractivity contribution in [1.82, 2.24) is 5.32 Å². The van der Waals surface area contributed by atoms with Crippen molar-refractivity contribution in [2.45, 2.75) is 71.1 Å². The van der Waals surface area contributed by atoms with Crippen molar-refractivity contribution in [3.8, 4) is 0 Å². The van der Waals surface area contributed by atoms with E-state index >= 15 is 0 Å². The third kappa shape index (κ3) is 7.02. The van der Waals surface area contributed by atoms with Crippen molar-refractivity contribution < 1.29 is 9.47 Å². The van der Waals surface area contributed by atoms with Crippen molar-refractivity contribution >= 4 is 0 Å². The van der Waals surface area contributed by atoms with Gasteiger partial charge in [-0.3, -0.25) is 0 Å². The fourth-order valence-corrected chi connectivity index (χ4v) is 1.92. The van der Waals surface area contributed by atoms with Gasteiger partial charge in [-0.2, -0.15) is 0 Å². The minimum absolute atomic E-state index is 0.165. The third-order valence-electron chi connectivity index (χ3n) is 3.11. The van der Waals surface area contributed by atoms with Crippen molar-refractivity contribution in [3.05, 3.63) is 0 Å². The van der Waals surface area contributed by atoms with Gasteiger partial charge in [0.15, 0.2) is 0 Å². The summed E-state index contributed by atoms with van der Waals surface area (Å²) in [5, 5.41) is 3.49. The van der Waals surface area contributed by atoms with Gasteiger partial charge in [0.1, 0.15) is 0 Å². The van der Waals surface area contributed by atoms with Crippen LogP contribution in [0.1, 0.15) is 53.4 Å². The minimum Gasteiger partial charge on any atom is -0.376 e. The van der Waals surface area contributed by atoms with Gasteiger partial charge in [-0.15, -0.1) is 0 Å². The first kappa shape index (κ1) is 14.9. The third-order valence-corrected chi connectivity index (χ3v) is 3.11. The molecule has 0 aliphatic carbocycles. The summed E-state index contributed by atoms with van der Waals surface area (Å²) in [6.07, 6.45) is 5.33. The van der Waals surface area contributed by atoms with Crippen LogP contribution in [0.15, 0.2) is 0 Å². The van der Waals surface area contributed by atoms with Crippen molar-refractivity contribution in [2.75, 3.05) is 19.8 Å². The molecule has 2 atom stereocenters. The number of rotatable bonds is 6. The molecule has 2 unspecified atom stereocenters. The SMILES string of the molecule is CCC(CNC(C)(C)C)OCC1CCCCO1. The van der Waals surface area contributed by atoms with Crippen LogP contribution in [0.5, 0.6) is 0 Å². The minimum atomic E-state index is 0.165. The summed E-state index contributed by atoms with van der Waals surface area (Å²) in [7, 11) is 0. The first-order chi connectivity index (χ1) is 8.01. The first-order valence-electron chi connectivity index (χ1n) is 6.99. The summed E-state index contributed by atoms with van der Waals surface area (Å²) in [5.74, 6) is 0. The second kappa shape index (κ2) is 7.34. The quantitative estimate of drug-likeness (QED) is 0.778. The van der Waals surface area contributed by atoms with Gasteiger partial charge in [0.2, 0.25) is 0 Å². The summed E-state index contributed by atoms with van der Waals surface area (Å²) in [6.45, 7) is 11.3. The summed E-state index contributed by atoms with van der Waals surface area (Å²) in [5.41, 5.74) is 0.165. The van der Waals surface area contributed by atoms with Gasteiger partial charge in [0.25, 0.3) is 0 Å². The van der Waals surface area contributed by atoms with E-state index < -0.39 is 0 Å². The molecule has 17 heavy (non-hydrogen) atoms. The lowest BCUT2D eigenvalue weighted by Crippen LogP contribution is -2.42. The molecular weight excluding hydrogens is 214 g/mol. The highest BCUT2D eigenvalue weighted by molar-refractivity contribution is 4.73. The molecule has 0 saturated carbocycles. The van der Waals surface area contributed by atoms with Gasteiger partial charge in [-0.25, -0.2) is 0 Å². The van der Waals surface area contributed by atoms with E-state index in [-0.39, 0.29) is 5.54 Å². The van der Waals surface area contributed by atoms with Gasteiger partial charge in [-0.1, -0.05) is 6.92 Å². The van der Waals surface area contributed by atoms with Crippen LogP contribution in [-0.4, -0.2) is 37.5 Å². The van der Waals surface area contributed by atoms with E-state index in [1.54, 1.807) is 0 Å². The van der Waals surface area contributed by atoms with E-state index in [2.05, 4.69) is 33.0 Å². The lowest BCUT2D eigenvalue weighted by atomic mass is 10.1.